The molecule has 1 aromatic carbocycles. The second-order valence-corrected chi connectivity index (χ2v) is 3.93. The average molecular weight is 286 g/mol. The van der Waals surface area contributed by atoms with Crippen molar-refractivity contribution in [2.24, 2.45) is 0 Å². The third-order valence-electron chi connectivity index (χ3n) is 2.31. The van der Waals surface area contributed by atoms with Crippen LogP contribution in [0.2, 0.25) is 5.02 Å². The van der Waals surface area contributed by atoms with Gasteiger partial charge in [-0.1, -0.05) is 11.6 Å². The van der Waals surface area contributed by atoms with Crippen LogP contribution in [-0.4, -0.2) is 33.1 Å². The number of phenolic OH excluding ortho intramolecular Hbond substituents is 1. The minimum absolute atomic E-state index is 0.0298. The van der Waals surface area contributed by atoms with E-state index in [0.29, 0.717) is 0 Å². The monoisotopic (exact) mass is 285 g/mol. The van der Waals surface area contributed by atoms with Gasteiger partial charge >= 0.3 is 5.97 Å². The third-order valence-corrected chi connectivity index (χ3v) is 2.61. The Morgan fingerprint density at radius 3 is 2.95 bits per heavy atom. The Morgan fingerprint density at radius 1 is 1.53 bits per heavy atom. The number of rotatable bonds is 3. The van der Waals surface area contributed by atoms with Gasteiger partial charge in [0.15, 0.2) is 5.69 Å². The van der Waals surface area contributed by atoms with Gasteiger partial charge in [-0.05, 0) is 13.0 Å². The van der Waals surface area contributed by atoms with E-state index in [2.05, 4.69) is 15.4 Å². The lowest BCUT2D eigenvalue weighted by molar-refractivity contribution is 0.0520. The standard InChI is InChI=1S/C11H9ClFN3O3/c1-2-19-11(18)10-9(14-16-15-10)5-3-6(12)8(17)4-7(5)13/h3-4,17H,2H2,1H3,(H,14,15,16). The zero-order valence-corrected chi connectivity index (χ0v) is 10.5. The summed E-state index contributed by atoms with van der Waals surface area (Å²) < 4.78 is 18.5. The van der Waals surface area contributed by atoms with Crippen molar-refractivity contribution in [1.82, 2.24) is 15.4 Å². The van der Waals surface area contributed by atoms with Crippen molar-refractivity contribution in [3.8, 4) is 17.0 Å². The quantitative estimate of drug-likeness (QED) is 0.844. The summed E-state index contributed by atoms with van der Waals surface area (Å²) in [5.74, 6) is -1.90. The highest BCUT2D eigenvalue weighted by atomic mass is 35.5. The van der Waals surface area contributed by atoms with E-state index in [1.807, 2.05) is 0 Å². The van der Waals surface area contributed by atoms with E-state index in [4.69, 9.17) is 16.3 Å². The number of aromatic nitrogens is 3. The van der Waals surface area contributed by atoms with E-state index in [-0.39, 0.29) is 28.6 Å². The first-order chi connectivity index (χ1) is 9.04. The number of phenols is 1. The minimum Gasteiger partial charge on any atom is -0.506 e. The number of hydrogen-bond donors (Lipinski definition) is 2. The normalized spacial score (nSPS) is 10.5. The number of H-pyrrole nitrogens is 1. The van der Waals surface area contributed by atoms with E-state index in [1.165, 1.54) is 0 Å². The Kier molecular flexibility index (Phi) is 3.66. The molecule has 0 unspecified atom stereocenters. The van der Waals surface area contributed by atoms with Gasteiger partial charge in [0.1, 0.15) is 17.3 Å². The molecule has 0 bridgehead atoms. The summed E-state index contributed by atoms with van der Waals surface area (Å²) in [5.41, 5.74) is -0.236. The molecular weight excluding hydrogens is 277 g/mol. The largest absolute Gasteiger partial charge is 0.506 e. The van der Waals surface area contributed by atoms with Gasteiger partial charge in [-0.15, -0.1) is 5.10 Å². The number of carbonyl (C=O) groups is 1. The van der Waals surface area contributed by atoms with Crippen LogP contribution in [0.1, 0.15) is 17.4 Å². The Morgan fingerprint density at radius 2 is 2.26 bits per heavy atom. The molecule has 0 aliphatic rings. The first-order valence-electron chi connectivity index (χ1n) is 5.30. The lowest BCUT2D eigenvalue weighted by Gasteiger charge is -2.04. The number of hydrogen-bond acceptors (Lipinski definition) is 5. The number of benzene rings is 1. The number of halogens is 2. The summed E-state index contributed by atoms with van der Waals surface area (Å²) in [7, 11) is 0. The Bertz CT molecular complexity index is 630. The van der Waals surface area contributed by atoms with Crippen molar-refractivity contribution in [3.05, 3.63) is 28.7 Å². The fraction of sp³-hybridized carbons (Fsp3) is 0.182. The van der Waals surface area contributed by atoms with Gasteiger partial charge in [0.25, 0.3) is 0 Å². The lowest BCUT2D eigenvalue weighted by Crippen LogP contribution is -2.07. The maximum atomic E-state index is 13.8. The first kappa shape index (κ1) is 13.3. The Balaban J connectivity index is 2.51. The van der Waals surface area contributed by atoms with Gasteiger partial charge in [0.2, 0.25) is 0 Å². The molecule has 19 heavy (non-hydrogen) atoms. The van der Waals surface area contributed by atoms with Crippen LogP contribution in [0.3, 0.4) is 0 Å². The van der Waals surface area contributed by atoms with Crippen molar-refractivity contribution in [2.75, 3.05) is 6.61 Å². The van der Waals surface area contributed by atoms with Crippen molar-refractivity contribution >= 4 is 17.6 Å². The predicted octanol–water partition coefficient (Wildman–Crippen LogP) is 2.15. The van der Waals surface area contributed by atoms with E-state index in [1.54, 1.807) is 6.92 Å². The molecule has 1 heterocycles. The van der Waals surface area contributed by atoms with Crippen LogP contribution in [-0.2, 0) is 4.74 Å². The highest BCUT2D eigenvalue weighted by Crippen LogP contribution is 2.32. The van der Waals surface area contributed by atoms with E-state index in [0.717, 1.165) is 12.1 Å². The number of aromatic amines is 1. The number of carbonyl (C=O) groups excluding carboxylic acids is 1. The molecule has 0 saturated heterocycles. The molecule has 0 fully saturated rings. The summed E-state index contributed by atoms with van der Waals surface area (Å²) in [6.45, 7) is 1.79. The van der Waals surface area contributed by atoms with Gasteiger partial charge in [0, 0.05) is 11.6 Å². The molecule has 0 spiro atoms. The molecule has 0 aliphatic carbocycles. The minimum atomic E-state index is -0.777. The summed E-state index contributed by atoms with van der Waals surface area (Å²) in [5, 5.41) is 18.8. The van der Waals surface area contributed by atoms with Crippen molar-refractivity contribution < 1.29 is 19.0 Å². The third kappa shape index (κ3) is 2.50. The van der Waals surface area contributed by atoms with Gasteiger partial charge in [-0.2, -0.15) is 10.3 Å². The van der Waals surface area contributed by atoms with E-state index >= 15 is 0 Å². The Hall–Kier alpha value is -2.15. The van der Waals surface area contributed by atoms with E-state index < -0.39 is 17.5 Å². The first-order valence-corrected chi connectivity index (χ1v) is 5.68. The number of ether oxygens (including phenoxy) is 1. The fourth-order valence-electron chi connectivity index (χ4n) is 1.48. The van der Waals surface area contributed by atoms with Gasteiger partial charge < -0.3 is 9.84 Å². The van der Waals surface area contributed by atoms with Crippen molar-refractivity contribution in [2.45, 2.75) is 6.92 Å². The number of esters is 1. The van der Waals surface area contributed by atoms with E-state index in [9.17, 15) is 14.3 Å². The van der Waals surface area contributed by atoms with Crippen LogP contribution >= 0.6 is 11.6 Å². The van der Waals surface area contributed by atoms with Crippen LogP contribution in [0.4, 0.5) is 4.39 Å². The SMILES string of the molecule is CCOC(=O)c1n[nH]nc1-c1cc(Cl)c(O)cc1F. The zero-order valence-electron chi connectivity index (χ0n) is 9.78. The molecule has 100 valence electrons. The maximum absolute atomic E-state index is 13.8. The second-order valence-electron chi connectivity index (χ2n) is 3.52. The van der Waals surface area contributed by atoms with Crippen LogP contribution in [0, 0.1) is 5.82 Å². The molecule has 0 aliphatic heterocycles. The predicted molar refractivity (Wildman–Crippen MR) is 64.4 cm³/mol. The molecule has 0 atom stereocenters. The average Bonchev–Trinajstić information content (AvgIpc) is 2.83. The summed E-state index contributed by atoms with van der Waals surface area (Å²) in [6.07, 6.45) is 0. The van der Waals surface area contributed by atoms with Crippen LogP contribution in [0.5, 0.6) is 5.75 Å². The summed E-state index contributed by atoms with van der Waals surface area (Å²) >= 11 is 5.70. The van der Waals surface area contributed by atoms with Crippen LogP contribution in [0.15, 0.2) is 12.1 Å². The van der Waals surface area contributed by atoms with Gasteiger partial charge in [-0.3, -0.25) is 0 Å². The van der Waals surface area contributed by atoms with Gasteiger partial charge in [-0.25, -0.2) is 9.18 Å². The maximum Gasteiger partial charge on any atom is 0.361 e. The molecule has 0 radical (unpaired) electrons. The molecule has 2 aromatic rings. The topological polar surface area (TPSA) is 88.1 Å². The molecule has 8 heteroatoms. The fourth-order valence-corrected chi connectivity index (χ4v) is 1.64. The Labute approximate surface area is 112 Å². The number of nitrogens with one attached hydrogen (secondary N) is 1. The molecule has 6 nitrogen and oxygen atoms in total. The molecule has 2 rings (SSSR count). The number of aromatic hydroxyl groups is 1. The lowest BCUT2D eigenvalue weighted by atomic mass is 10.1. The summed E-state index contributed by atoms with van der Waals surface area (Å²) in [4.78, 5) is 11.6. The molecular formula is C11H9ClFN3O3. The highest BCUT2D eigenvalue weighted by molar-refractivity contribution is 6.32. The molecule has 1 aromatic heterocycles. The van der Waals surface area contributed by atoms with Crippen LogP contribution < -0.4 is 0 Å². The second kappa shape index (κ2) is 5.23. The molecule has 0 saturated carbocycles. The van der Waals surface area contributed by atoms with Gasteiger partial charge in [0.05, 0.1) is 11.6 Å². The number of nitrogens with zero attached hydrogens (tertiary/aromatic N) is 2. The smallest absolute Gasteiger partial charge is 0.361 e. The molecule has 2 N–H and O–H groups in total. The zero-order chi connectivity index (χ0) is 14.0. The van der Waals surface area contributed by atoms with Crippen molar-refractivity contribution in [3.63, 3.8) is 0 Å². The summed E-state index contributed by atoms with van der Waals surface area (Å²) in [6, 6.07) is 1.99. The van der Waals surface area contributed by atoms with Crippen molar-refractivity contribution in [1.29, 1.82) is 0 Å². The highest BCUT2D eigenvalue weighted by Gasteiger charge is 2.22. The molecule has 0 amide bonds. The van der Waals surface area contributed by atoms with Crippen LogP contribution in [0.25, 0.3) is 11.3 Å².